The second-order valence-electron chi connectivity index (χ2n) is 6.84. The maximum Gasteiger partial charge on any atom is 0.262 e. The van der Waals surface area contributed by atoms with Gasteiger partial charge in [0.25, 0.3) is 5.91 Å². The molecule has 1 aliphatic heterocycles. The first kappa shape index (κ1) is 21.9. The van der Waals surface area contributed by atoms with Crippen LogP contribution in [0.2, 0.25) is 0 Å². The number of anilines is 1. The highest BCUT2D eigenvalue weighted by molar-refractivity contribution is 6.04. The minimum atomic E-state index is -0.605. The Hall–Kier alpha value is -2.40. The van der Waals surface area contributed by atoms with Gasteiger partial charge >= 0.3 is 0 Å². The fourth-order valence-corrected chi connectivity index (χ4v) is 2.91. The second kappa shape index (κ2) is 11.4. The Labute approximate surface area is 167 Å². The number of carbonyl (C=O) groups is 1. The van der Waals surface area contributed by atoms with Crippen molar-refractivity contribution in [3.63, 3.8) is 0 Å². The van der Waals surface area contributed by atoms with Crippen LogP contribution < -0.4 is 10.6 Å². The Kier molecular flexibility index (Phi) is 8.95. The molecule has 1 atom stereocenters. The predicted octanol–water partition coefficient (Wildman–Crippen LogP) is 1.61. The van der Waals surface area contributed by atoms with Gasteiger partial charge in [-0.3, -0.25) is 9.69 Å². The number of hydrogen-bond donors (Lipinski definition) is 3. The first-order valence-corrected chi connectivity index (χ1v) is 9.76. The van der Waals surface area contributed by atoms with Gasteiger partial charge < -0.3 is 20.5 Å². The molecule has 0 saturated carbocycles. The van der Waals surface area contributed by atoms with E-state index in [2.05, 4.69) is 15.5 Å². The first-order chi connectivity index (χ1) is 13.5. The Morgan fingerprint density at radius 1 is 1.32 bits per heavy atom. The standard InChI is InChI=1S/C21H30N4O3/c1-3-19(26)15-24-21(27)20(14-22)16(2)17-4-6-18(7-5-17)23-8-9-25-10-12-28-13-11-25/h4-7,19,23,26H,3,8-13,15H2,1-2H3,(H,24,27)/b20-16+. The molecule has 1 aromatic carbocycles. The van der Waals surface area contributed by atoms with Gasteiger partial charge in [0.2, 0.25) is 0 Å². The van der Waals surface area contributed by atoms with Gasteiger partial charge in [0.15, 0.2) is 0 Å². The summed E-state index contributed by atoms with van der Waals surface area (Å²) in [5.41, 5.74) is 2.50. The number of nitriles is 1. The summed E-state index contributed by atoms with van der Waals surface area (Å²) in [5.74, 6) is -0.458. The Bertz CT molecular complexity index is 703. The smallest absolute Gasteiger partial charge is 0.262 e. The molecule has 1 aromatic rings. The van der Waals surface area contributed by atoms with E-state index in [1.54, 1.807) is 6.92 Å². The number of aliphatic hydroxyl groups excluding tert-OH is 1. The zero-order valence-corrected chi connectivity index (χ0v) is 16.7. The molecule has 28 heavy (non-hydrogen) atoms. The monoisotopic (exact) mass is 386 g/mol. The van der Waals surface area contributed by atoms with Crippen LogP contribution in [0.4, 0.5) is 5.69 Å². The third-order valence-electron chi connectivity index (χ3n) is 4.86. The van der Waals surface area contributed by atoms with E-state index in [1.807, 2.05) is 37.3 Å². The minimum absolute atomic E-state index is 0.0660. The molecule has 1 unspecified atom stereocenters. The Balaban J connectivity index is 1.92. The van der Waals surface area contributed by atoms with Gasteiger partial charge in [-0.2, -0.15) is 5.26 Å². The molecular weight excluding hydrogens is 356 g/mol. The topological polar surface area (TPSA) is 97.6 Å². The predicted molar refractivity (Wildman–Crippen MR) is 110 cm³/mol. The highest BCUT2D eigenvalue weighted by atomic mass is 16.5. The minimum Gasteiger partial charge on any atom is -0.391 e. The summed E-state index contributed by atoms with van der Waals surface area (Å²) >= 11 is 0. The molecule has 0 radical (unpaired) electrons. The fourth-order valence-electron chi connectivity index (χ4n) is 2.91. The molecule has 7 heteroatoms. The van der Waals surface area contributed by atoms with Gasteiger partial charge in [-0.05, 0) is 36.6 Å². The molecule has 1 amide bonds. The van der Waals surface area contributed by atoms with Gasteiger partial charge in [-0.15, -0.1) is 0 Å². The van der Waals surface area contributed by atoms with Crippen LogP contribution in [0, 0.1) is 11.3 Å². The van der Waals surface area contributed by atoms with Gasteiger partial charge in [-0.1, -0.05) is 19.1 Å². The summed E-state index contributed by atoms with van der Waals surface area (Å²) in [6.07, 6.45) is -0.0581. The van der Waals surface area contributed by atoms with Crippen LogP contribution in [0.1, 0.15) is 25.8 Å². The lowest BCUT2D eigenvalue weighted by Crippen LogP contribution is -2.38. The lowest BCUT2D eigenvalue weighted by molar-refractivity contribution is -0.117. The van der Waals surface area contributed by atoms with Gasteiger partial charge in [0, 0.05) is 38.4 Å². The van der Waals surface area contributed by atoms with E-state index >= 15 is 0 Å². The van der Waals surface area contributed by atoms with Crippen LogP contribution in [-0.2, 0) is 9.53 Å². The van der Waals surface area contributed by atoms with Crippen molar-refractivity contribution in [1.82, 2.24) is 10.2 Å². The molecule has 0 bridgehead atoms. The Morgan fingerprint density at radius 3 is 2.61 bits per heavy atom. The summed E-state index contributed by atoms with van der Waals surface area (Å²) < 4.78 is 5.35. The number of nitrogens with zero attached hydrogens (tertiary/aromatic N) is 2. The van der Waals surface area contributed by atoms with Crippen molar-refractivity contribution in [3.8, 4) is 6.07 Å². The number of hydrogen-bond acceptors (Lipinski definition) is 6. The lowest BCUT2D eigenvalue weighted by Gasteiger charge is -2.26. The van der Waals surface area contributed by atoms with E-state index in [4.69, 9.17) is 4.74 Å². The van der Waals surface area contributed by atoms with E-state index in [0.29, 0.717) is 12.0 Å². The van der Waals surface area contributed by atoms with E-state index in [1.165, 1.54) is 0 Å². The zero-order valence-electron chi connectivity index (χ0n) is 16.7. The zero-order chi connectivity index (χ0) is 20.4. The van der Waals surface area contributed by atoms with Crippen LogP contribution in [0.5, 0.6) is 0 Å². The molecule has 152 valence electrons. The third-order valence-corrected chi connectivity index (χ3v) is 4.86. The van der Waals surface area contributed by atoms with Crippen LogP contribution >= 0.6 is 0 Å². The van der Waals surface area contributed by atoms with Crippen molar-refractivity contribution in [3.05, 3.63) is 35.4 Å². The van der Waals surface area contributed by atoms with Crippen molar-refractivity contribution in [2.75, 3.05) is 51.3 Å². The van der Waals surface area contributed by atoms with Crippen molar-refractivity contribution in [2.45, 2.75) is 26.4 Å². The normalized spacial score (nSPS) is 16.6. The van der Waals surface area contributed by atoms with E-state index in [9.17, 15) is 15.2 Å². The second-order valence-corrected chi connectivity index (χ2v) is 6.84. The summed E-state index contributed by atoms with van der Waals surface area (Å²) in [5, 5.41) is 25.0. The Morgan fingerprint density at radius 2 is 2.00 bits per heavy atom. The number of aliphatic hydroxyl groups is 1. The summed E-state index contributed by atoms with van der Waals surface area (Å²) in [6.45, 7) is 9.08. The lowest BCUT2D eigenvalue weighted by atomic mass is 10.0. The average molecular weight is 386 g/mol. The average Bonchev–Trinajstić information content (AvgIpc) is 2.73. The molecule has 1 fully saturated rings. The van der Waals surface area contributed by atoms with Crippen molar-refractivity contribution in [2.24, 2.45) is 0 Å². The van der Waals surface area contributed by atoms with Crippen molar-refractivity contribution >= 4 is 17.2 Å². The molecule has 7 nitrogen and oxygen atoms in total. The van der Waals surface area contributed by atoms with Crippen LogP contribution in [0.25, 0.3) is 5.57 Å². The molecular formula is C21H30N4O3. The SMILES string of the molecule is CCC(O)CNC(=O)/C(C#N)=C(\C)c1ccc(NCCN2CCOCC2)cc1. The first-order valence-electron chi connectivity index (χ1n) is 9.76. The molecule has 1 heterocycles. The molecule has 0 aliphatic carbocycles. The van der Waals surface area contributed by atoms with Crippen LogP contribution in [-0.4, -0.2) is 68.0 Å². The van der Waals surface area contributed by atoms with E-state index < -0.39 is 12.0 Å². The maximum absolute atomic E-state index is 12.2. The largest absolute Gasteiger partial charge is 0.391 e. The quantitative estimate of drug-likeness (QED) is 0.441. The summed E-state index contributed by atoms with van der Waals surface area (Å²) in [4.78, 5) is 14.6. The van der Waals surface area contributed by atoms with Gasteiger partial charge in [0.1, 0.15) is 11.6 Å². The molecule has 0 spiro atoms. The number of benzene rings is 1. The number of nitrogens with one attached hydrogen (secondary N) is 2. The maximum atomic E-state index is 12.2. The number of carbonyl (C=O) groups excluding carboxylic acids is 1. The summed E-state index contributed by atoms with van der Waals surface area (Å²) in [7, 11) is 0. The number of morpholine rings is 1. The third kappa shape index (κ3) is 6.64. The van der Waals surface area contributed by atoms with E-state index in [0.717, 1.165) is 50.6 Å². The summed E-state index contributed by atoms with van der Waals surface area (Å²) in [6, 6.07) is 9.68. The van der Waals surface area contributed by atoms with E-state index in [-0.39, 0.29) is 12.1 Å². The molecule has 1 saturated heterocycles. The van der Waals surface area contributed by atoms with Crippen molar-refractivity contribution < 1.29 is 14.6 Å². The highest BCUT2D eigenvalue weighted by Gasteiger charge is 2.15. The molecule has 0 aromatic heterocycles. The highest BCUT2D eigenvalue weighted by Crippen LogP contribution is 2.20. The molecule has 1 aliphatic rings. The fraction of sp³-hybridized carbons (Fsp3) is 0.524. The molecule has 3 N–H and O–H groups in total. The van der Waals surface area contributed by atoms with Gasteiger partial charge in [0.05, 0.1) is 19.3 Å². The number of ether oxygens (including phenoxy) is 1. The number of rotatable bonds is 9. The van der Waals surface area contributed by atoms with Gasteiger partial charge in [-0.25, -0.2) is 0 Å². The van der Waals surface area contributed by atoms with Crippen LogP contribution in [0.15, 0.2) is 29.8 Å². The number of allylic oxidation sites excluding steroid dienone is 1. The van der Waals surface area contributed by atoms with Crippen molar-refractivity contribution in [1.29, 1.82) is 5.26 Å². The number of amides is 1. The van der Waals surface area contributed by atoms with Crippen LogP contribution in [0.3, 0.4) is 0 Å². The molecule has 2 rings (SSSR count).